The minimum Gasteiger partial charge on any atom is -0.480 e. The molecule has 0 aromatic rings. The van der Waals surface area contributed by atoms with Gasteiger partial charge in [-0.15, -0.1) is 0 Å². The first-order chi connectivity index (χ1) is 6.16. The zero-order valence-electron chi connectivity index (χ0n) is 7.81. The molecule has 4 nitrogen and oxygen atoms in total. The average molecular weight is 184 g/mol. The van der Waals surface area contributed by atoms with Crippen molar-refractivity contribution in [2.24, 2.45) is 5.73 Å². The van der Waals surface area contributed by atoms with Gasteiger partial charge in [0.15, 0.2) is 0 Å². The Morgan fingerprint density at radius 2 is 2.54 bits per heavy atom. The quantitative estimate of drug-likeness (QED) is 0.608. The maximum Gasteiger partial charge on any atom is 0.320 e. The van der Waals surface area contributed by atoms with Gasteiger partial charge < -0.3 is 10.8 Å². The molecule has 1 aliphatic heterocycles. The zero-order chi connectivity index (χ0) is 9.84. The molecule has 0 bridgehead atoms. The van der Waals surface area contributed by atoms with Crippen LogP contribution in [0, 0.1) is 0 Å². The van der Waals surface area contributed by atoms with E-state index in [1.165, 1.54) is 0 Å². The highest BCUT2D eigenvalue weighted by molar-refractivity contribution is 5.73. The molecule has 2 atom stereocenters. The van der Waals surface area contributed by atoms with Crippen LogP contribution in [0.5, 0.6) is 0 Å². The summed E-state index contributed by atoms with van der Waals surface area (Å²) in [6.07, 6.45) is 4.96. The molecule has 0 spiro atoms. The van der Waals surface area contributed by atoms with Crippen molar-refractivity contribution < 1.29 is 9.90 Å². The minimum atomic E-state index is -0.784. The van der Waals surface area contributed by atoms with Gasteiger partial charge in [-0.3, -0.25) is 9.69 Å². The monoisotopic (exact) mass is 184 g/mol. The van der Waals surface area contributed by atoms with Crippen molar-refractivity contribution in [2.75, 3.05) is 13.1 Å². The Labute approximate surface area is 78.0 Å². The number of nitrogens with zero attached hydrogens (tertiary/aromatic N) is 1. The summed E-state index contributed by atoms with van der Waals surface area (Å²) >= 11 is 0. The van der Waals surface area contributed by atoms with Gasteiger partial charge >= 0.3 is 5.97 Å². The lowest BCUT2D eigenvalue weighted by atomic mass is 10.1. The minimum absolute atomic E-state index is 0.0832. The van der Waals surface area contributed by atoms with Crippen molar-refractivity contribution in [1.29, 1.82) is 0 Å². The fourth-order valence-electron chi connectivity index (χ4n) is 1.59. The van der Waals surface area contributed by atoms with Crippen LogP contribution in [-0.2, 0) is 4.79 Å². The SMILES string of the molecule is CC(C(=O)O)N1CCC=CC1CN. The number of carboxylic acids is 1. The first kappa shape index (κ1) is 10.2. The first-order valence-electron chi connectivity index (χ1n) is 4.52. The second-order valence-corrected chi connectivity index (χ2v) is 3.27. The first-order valence-corrected chi connectivity index (χ1v) is 4.52. The van der Waals surface area contributed by atoms with Crippen LogP contribution in [-0.4, -0.2) is 41.1 Å². The number of hydrogen-bond acceptors (Lipinski definition) is 3. The highest BCUT2D eigenvalue weighted by atomic mass is 16.4. The topological polar surface area (TPSA) is 66.6 Å². The molecule has 0 aromatic carbocycles. The normalized spacial score (nSPS) is 25.8. The summed E-state index contributed by atoms with van der Waals surface area (Å²) in [6.45, 7) is 2.96. The lowest BCUT2D eigenvalue weighted by molar-refractivity contribution is -0.143. The number of hydrogen-bond donors (Lipinski definition) is 2. The summed E-state index contributed by atoms with van der Waals surface area (Å²) in [5.74, 6) is -0.784. The van der Waals surface area contributed by atoms with Crippen LogP contribution < -0.4 is 5.73 Å². The molecule has 0 radical (unpaired) electrons. The Balaban J connectivity index is 2.66. The molecule has 4 heteroatoms. The summed E-state index contributed by atoms with van der Waals surface area (Å²) in [5.41, 5.74) is 5.55. The maximum atomic E-state index is 10.8. The Hall–Kier alpha value is -0.870. The molecule has 2 unspecified atom stereocenters. The number of nitrogens with two attached hydrogens (primary N) is 1. The number of carboxylic acid groups (broad SMARTS) is 1. The largest absolute Gasteiger partial charge is 0.480 e. The van der Waals surface area contributed by atoms with E-state index < -0.39 is 12.0 Å². The van der Waals surface area contributed by atoms with Crippen molar-refractivity contribution in [2.45, 2.75) is 25.4 Å². The van der Waals surface area contributed by atoms with Crippen LogP contribution in [0.1, 0.15) is 13.3 Å². The van der Waals surface area contributed by atoms with Crippen molar-refractivity contribution in [3.63, 3.8) is 0 Å². The molecule has 1 aliphatic rings. The average Bonchev–Trinajstić information content (AvgIpc) is 2.16. The predicted molar refractivity (Wildman–Crippen MR) is 50.4 cm³/mol. The van der Waals surface area contributed by atoms with Gasteiger partial charge in [0, 0.05) is 19.1 Å². The van der Waals surface area contributed by atoms with Gasteiger partial charge in [0.25, 0.3) is 0 Å². The van der Waals surface area contributed by atoms with E-state index in [9.17, 15) is 4.79 Å². The fourth-order valence-corrected chi connectivity index (χ4v) is 1.59. The predicted octanol–water partition coefficient (Wildman–Crippen LogP) is 0.0487. The van der Waals surface area contributed by atoms with Crippen LogP contribution in [0.3, 0.4) is 0 Å². The van der Waals surface area contributed by atoms with Crippen molar-refractivity contribution in [1.82, 2.24) is 4.90 Å². The summed E-state index contributed by atoms with van der Waals surface area (Å²) in [4.78, 5) is 12.7. The third kappa shape index (κ3) is 2.29. The molecule has 0 aliphatic carbocycles. The van der Waals surface area contributed by atoms with E-state index in [0.29, 0.717) is 6.54 Å². The molecule has 0 saturated heterocycles. The van der Waals surface area contributed by atoms with E-state index in [-0.39, 0.29) is 6.04 Å². The van der Waals surface area contributed by atoms with Crippen LogP contribution >= 0.6 is 0 Å². The summed E-state index contributed by atoms with van der Waals surface area (Å²) in [6, 6.07) is -0.363. The molecule has 0 aromatic heterocycles. The molecule has 13 heavy (non-hydrogen) atoms. The fraction of sp³-hybridized carbons (Fsp3) is 0.667. The van der Waals surface area contributed by atoms with Crippen LogP contribution in [0.4, 0.5) is 0 Å². The van der Waals surface area contributed by atoms with Gasteiger partial charge in [0.2, 0.25) is 0 Å². The van der Waals surface area contributed by atoms with Crippen molar-refractivity contribution >= 4 is 5.97 Å². The molecule has 1 heterocycles. The highest BCUT2D eigenvalue weighted by Crippen LogP contribution is 2.12. The molecule has 3 N–H and O–H groups in total. The number of rotatable bonds is 3. The third-order valence-electron chi connectivity index (χ3n) is 2.43. The second kappa shape index (κ2) is 4.39. The van der Waals surface area contributed by atoms with Crippen LogP contribution in [0.2, 0.25) is 0 Å². The van der Waals surface area contributed by atoms with E-state index in [1.807, 2.05) is 11.0 Å². The summed E-state index contributed by atoms with van der Waals surface area (Å²) < 4.78 is 0. The lowest BCUT2D eigenvalue weighted by Gasteiger charge is -2.34. The molecular weight excluding hydrogens is 168 g/mol. The lowest BCUT2D eigenvalue weighted by Crippen LogP contribution is -2.49. The van der Waals surface area contributed by atoms with Gasteiger partial charge in [0.05, 0.1) is 0 Å². The Morgan fingerprint density at radius 3 is 3.08 bits per heavy atom. The molecule has 0 amide bonds. The molecular formula is C9H16N2O2. The maximum absolute atomic E-state index is 10.8. The van der Waals surface area contributed by atoms with Gasteiger partial charge in [-0.1, -0.05) is 12.2 Å². The Morgan fingerprint density at radius 1 is 1.85 bits per heavy atom. The van der Waals surface area contributed by atoms with E-state index in [1.54, 1.807) is 6.92 Å². The second-order valence-electron chi connectivity index (χ2n) is 3.27. The Kier molecular flexibility index (Phi) is 3.45. The molecule has 0 fully saturated rings. The van der Waals surface area contributed by atoms with E-state index in [0.717, 1.165) is 13.0 Å². The molecule has 0 saturated carbocycles. The summed E-state index contributed by atoms with van der Waals surface area (Å²) in [5, 5.41) is 8.84. The van der Waals surface area contributed by atoms with Crippen LogP contribution in [0.25, 0.3) is 0 Å². The molecule has 1 rings (SSSR count). The van der Waals surface area contributed by atoms with Crippen molar-refractivity contribution in [3.05, 3.63) is 12.2 Å². The number of carbonyl (C=O) groups is 1. The van der Waals surface area contributed by atoms with Gasteiger partial charge in [-0.25, -0.2) is 0 Å². The zero-order valence-corrected chi connectivity index (χ0v) is 7.81. The standard InChI is InChI=1S/C9H16N2O2/c1-7(9(12)13)11-5-3-2-4-8(11)6-10/h2,4,7-8H,3,5-6,10H2,1H3,(H,12,13). The van der Waals surface area contributed by atoms with Gasteiger partial charge in [-0.05, 0) is 13.3 Å². The van der Waals surface area contributed by atoms with Gasteiger partial charge in [0.1, 0.15) is 6.04 Å². The highest BCUT2D eigenvalue weighted by Gasteiger charge is 2.26. The van der Waals surface area contributed by atoms with Crippen molar-refractivity contribution in [3.8, 4) is 0 Å². The number of aliphatic carboxylic acids is 1. The van der Waals surface area contributed by atoms with E-state index in [4.69, 9.17) is 10.8 Å². The summed E-state index contributed by atoms with van der Waals surface area (Å²) in [7, 11) is 0. The third-order valence-corrected chi connectivity index (χ3v) is 2.43. The van der Waals surface area contributed by atoms with Crippen LogP contribution in [0.15, 0.2) is 12.2 Å². The van der Waals surface area contributed by atoms with Gasteiger partial charge in [-0.2, -0.15) is 0 Å². The van der Waals surface area contributed by atoms with E-state index in [2.05, 4.69) is 6.08 Å². The Bertz CT molecular complexity index is 216. The smallest absolute Gasteiger partial charge is 0.320 e. The van der Waals surface area contributed by atoms with E-state index >= 15 is 0 Å². The molecule has 74 valence electrons.